The van der Waals surface area contributed by atoms with Crippen LogP contribution in [-0.4, -0.2) is 19.0 Å². The molecule has 0 radical (unpaired) electrons. The number of hydrogen-bond acceptors (Lipinski definition) is 2. The lowest BCUT2D eigenvalue weighted by Crippen LogP contribution is -2.22. The Morgan fingerprint density at radius 1 is 1.00 bits per heavy atom. The maximum Gasteiger partial charge on any atom is 0.156 e. The van der Waals surface area contributed by atoms with Crippen LogP contribution in [0.2, 0.25) is 0 Å². The van der Waals surface area contributed by atoms with E-state index in [2.05, 4.69) is 5.92 Å². The number of hydrogen-bond donors (Lipinski definition) is 0. The fraction of sp³-hybridized carbons (Fsp3) is 0.875. The summed E-state index contributed by atoms with van der Waals surface area (Å²) >= 11 is 0. The van der Waals surface area contributed by atoms with Crippen LogP contribution in [0.15, 0.2) is 0 Å². The molecule has 1 saturated carbocycles. The van der Waals surface area contributed by atoms with Gasteiger partial charge < -0.3 is 9.47 Å². The minimum atomic E-state index is -0.170. The van der Waals surface area contributed by atoms with E-state index in [9.17, 15) is 0 Å². The molecule has 0 amide bonds. The van der Waals surface area contributed by atoms with Crippen molar-refractivity contribution in [2.24, 2.45) is 0 Å². The average Bonchev–Trinajstić information content (AvgIpc) is 2.42. The molecule has 0 heterocycles. The third kappa shape index (κ3) is 7.74. The first-order valence-electron chi connectivity index (χ1n) is 7.53. The standard InChI is InChI=1S/C16H28O2/c1-3-14-17-15(2)18-16-12-10-8-6-4-5-7-9-11-13-16/h1,15-16H,4-14H2,2H3. The predicted octanol–water partition coefficient (Wildman–Crippen LogP) is 4.28. The van der Waals surface area contributed by atoms with Gasteiger partial charge in [-0.2, -0.15) is 0 Å². The number of terminal acetylenes is 1. The van der Waals surface area contributed by atoms with Crippen LogP contribution in [0, 0.1) is 12.3 Å². The fourth-order valence-electron chi connectivity index (χ4n) is 2.56. The van der Waals surface area contributed by atoms with E-state index >= 15 is 0 Å². The molecule has 104 valence electrons. The Labute approximate surface area is 112 Å². The van der Waals surface area contributed by atoms with Crippen molar-refractivity contribution in [1.82, 2.24) is 0 Å². The van der Waals surface area contributed by atoms with E-state index in [0.29, 0.717) is 12.7 Å². The van der Waals surface area contributed by atoms with Crippen LogP contribution in [0.25, 0.3) is 0 Å². The van der Waals surface area contributed by atoms with Crippen molar-refractivity contribution in [2.75, 3.05) is 6.61 Å². The summed E-state index contributed by atoms with van der Waals surface area (Å²) in [4.78, 5) is 0. The van der Waals surface area contributed by atoms with E-state index in [-0.39, 0.29) is 6.29 Å². The van der Waals surface area contributed by atoms with E-state index in [1.807, 2.05) is 6.92 Å². The zero-order chi connectivity index (χ0) is 13.1. The molecule has 0 aromatic carbocycles. The van der Waals surface area contributed by atoms with Crippen molar-refractivity contribution in [3.8, 4) is 12.3 Å². The van der Waals surface area contributed by atoms with Crippen LogP contribution in [0.1, 0.15) is 71.1 Å². The second kappa shape index (κ2) is 10.4. The molecule has 0 N–H and O–H groups in total. The van der Waals surface area contributed by atoms with E-state index in [4.69, 9.17) is 15.9 Å². The van der Waals surface area contributed by atoms with Gasteiger partial charge in [-0.3, -0.25) is 0 Å². The van der Waals surface area contributed by atoms with Crippen LogP contribution in [-0.2, 0) is 9.47 Å². The van der Waals surface area contributed by atoms with E-state index in [1.165, 1.54) is 64.2 Å². The molecule has 1 aliphatic carbocycles. The monoisotopic (exact) mass is 252 g/mol. The first-order chi connectivity index (χ1) is 8.83. The molecule has 1 aliphatic rings. The zero-order valence-electron chi connectivity index (χ0n) is 11.8. The van der Waals surface area contributed by atoms with Crippen molar-refractivity contribution < 1.29 is 9.47 Å². The van der Waals surface area contributed by atoms with E-state index in [0.717, 1.165) is 0 Å². The first-order valence-corrected chi connectivity index (χ1v) is 7.53. The Kier molecular flexibility index (Phi) is 8.98. The Morgan fingerprint density at radius 2 is 1.50 bits per heavy atom. The van der Waals surface area contributed by atoms with E-state index in [1.54, 1.807) is 0 Å². The minimum Gasteiger partial charge on any atom is -0.350 e. The Bertz CT molecular complexity index is 220. The lowest BCUT2D eigenvalue weighted by Gasteiger charge is -2.22. The highest BCUT2D eigenvalue weighted by Gasteiger charge is 2.13. The van der Waals surface area contributed by atoms with Crippen molar-refractivity contribution in [1.29, 1.82) is 0 Å². The molecule has 0 spiro atoms. The average molecular weight is 252 g/mol. The number of rotatable bonds is 4. The molecule has 18 heavy (non-hydrogen) atoms. The van der Waals surface area contributed by atoms with Crippen LogP contribution in [0.5, 0.6) is 0 Å². The second-order valence-corrected chi connectivity index (χ2v) is 5.25. The van der Waals surface area contributed by atoms with Gasteiger partial charge in [0.15, 0.2) is 6.29 Å². The van der Waals surface area contributed by atoms with Crippen LogP contribution >= 0.6 is 0 Å². The van der Waals surface area contributed by atoms with Gasteiger partial charge in [0.25, 0.3) is 0 Å². The Hall–Kier alpha value is -0.520. The Morgan fingerprint density at radius 3 is 2.00 bits per heavy atom. The maximum absolute atomic E-state index is 5.95. The van der Waals surface area contributed by atoms with Gasteiger partial charge in [-0.1, -0.05) is 57.3 Å². The van der Waals surface area contributed by atoms with Crippen LogP contribution in [0.3, 0.4) is 0 Å². The van der Waals surface area contributed by atoms with Gasteiger partial charge in [0.05, 0.1) is 6.10 Å². The first kappa shape index (κ1) is 15.5. The molecule has 0 aromatic heterocycles. The SMILES string of the molecule is C#CCOC(C)OC1CCCCCCCCCC1. The van der Waals surface area contributed by atoms with Gasteiger partial charge in [0.1, 0.15) is 6.61 Å². The lowest BCUT2D eigenvalue weighted by molar-refractivity contribution is -0.156. The largest absolute Gasteiger partial charge is 0.350 e. The molecule has 1 unspecified atom stereocenters. The quantitative estimate of drug-likeness (QED) is 0.549. The van der Waals surface area contributed by atoms with Gasteiger partial charge >= 0.3 is 0 Å². The van der Waals surface area contributed by atoms with Crippen molar-refractivity contribution in [2.45, 2.75) is 83.5 Å². The van der Waals surface area contributed by atoms with Crippen molar-refractivity contribution in [3.05, 3.63) is 0 Å². The molecule has 0 bridgehead atoms. The highest BCUT2D eigenvalue weighted by atomic mass is 16.7. The van der Waals surface area contributed by atoms with Gasteiger partial charge in [-0.15, -0.1) is 6.42 Å². The molecule has 1 atom stereocenters. The van der Waals surface area contributed by atoms with E-state index < -0.39 is 0 Å². The van der Waals surface area contributed by atoms with Gasteiger partial charge in [-0.25, -0.2) is 0 Å². The molecule has 2 nitrogen and oxygen atoms in total. The molecule has 0 aliphatic heterocycles. The van der Waals surface area contributed by atoms with Gasteiger partial charge in [-0.05, 0) is 19.8 Å². The Balaban J connectivity index is 2.27. The summed E-state index contributed by atoms with van der Waals surface area (Å²) in [6, 6.07) is 0. The number of ether oxygens (including phenoxy) is 2. The molecule has 1 fully saturated rings. The highest BCUT2D eigenvalue weighted by Crippen LogP contribution is 2.20. The lowest BCUT2D eigenvalue weighted by atomic mass is 10.1. The highest BCUT2D eigenvalue weighted by molar-refractivity contribution is 4.82. The smallest absolute Gasteiger partial charge is 0.156 e. The molecular formula is C16H28O2. The van der Waals surface area contributed by atoms with Gasteiger partial charge in [0, 0.05) is 0 Å². The summed E-state index contributed by atoms with van der Waals surface area (Å²) in [6.45, 7) is 2.29. The fourth-order valence-corrected chi connectivity index (χ4v) is 2.56. The molecule has 2 heteroatoms. The zero-order valence-corrected chi connectivity index (χ0v) is 11.8. The molecule has 1 rings (SSSR count). The minimum absolute atomic E-state index is 0.170. The maximum atomic E-state index is 5.95. The normalized spacial score (nSPS) is 21.8. The van der Waals surface area contributed by atoms with Crippen molar-refractivity contribution in [3.63, 3.8) is 0 Å². The summed E-state index contributed by atoms with van der Waals surface area (Å²) in [7, 11) is 0. The van der Waals surface area contributed by atoms with Gasteiger partial charge in [0.2, 0.25) is 0 Å². The van der Waals surface area contributed by atoms with Crippen LogP contribution in [0.4, 0.5) is 0 Å². The second-order valence-electron chi connectivity index (χ2n) is 5.25. The van der Waals surface area contributed by atoms with Crippen LogP contribution < -0.4 is 0 Å². The molecular weight excluding hydrogens is 224 g/mol. The third-order valence-electron chi connectivity index (χ3n) is 3.59. The molecule has 0 aromatic rings. The summed E-state index contributed by atoms with van der Waals surface area (Å²) < 4.78 is 11.3. The topological polar surface area (TPSA) is 18.5 Å². The molecule has 0 saturated heterocycles. The van der Waals surface area contributed by atoms with Crippen molar-refractivity contribution >= 4 is 0 Å². The predicted molar refractivity (Wildman–Crippen MR) is 75.3 cm³/mol. The summed E-state index contributed by atoms with van der Waals surface area (Å²) in [6.07, 6.45) is 18.6. The summed E-state index contributed by atoms with van der Waals surface area (Å²) in [5.41, 5.74) is 0. The third-order valence-corrected chi connectivity index (χ3v) is 3.59. The summed E-state index contributed by atoms with van der Waals surface area (Å²) in [5, 5.41) is 0. The summed E-state index contributed by atoms with van der Waals surface area (Å²) in [5.74, 6) is 2.48.